The van der Waals surface area contributed by atoms with E-state index in [0.29, 0.717) is 0 Å². The third-order valence-corrected chi connectivity index (χ3v) is 2.88. The first kappa shape index (κ1) is 14.2. The van der Waals surface area contributed by atoms with Gasteiger partial charge in [-0.3, -0.25) is 4.90 Å². The minimum Gasteiger partial charge on any atom is -0.330 e. The van der Waals surface area contributed by atoms with Crippen LogP contribution in [0.3, 0.4) is 0 Å². The lowest BCUT2D eigenvalue weighted by Crippen LogP contribution is -2.28. The van der Waals surface area contributed by atoms with Gasteiger partial charge in [-0.05, 0) is 51.5 Å². The van der Waals surface area contributed by atoms with Crippen LogP contribution in [-0.2, 0) is 6.54 Å². The van der Waals surface area contributed by atoms with Crippen molar-refractivity contribution < 1.29 is 0 Å². The van der Waals surface area contributed by atoms with Gasteiger partial charge in [0.1, 0.15) is 0 Å². The van der Waals surface area contributed by atoms with Crippen LogP contribution < -0.4 is 11.5 Å². The number of aryl methyl sites for hydroxylation is 1. The predicted octanol–water partition coefficient (Wildman–Crippen LogP) is 1.49. The monoisotopic (exact) mass is 235 g/mol. The Labute approximate surface area is 105 Å². The topological polar surface area (TPSA) is 55.3 Å². The van der Waals surface area contributed by atoms with Crippen molar-refractivity contribution in [2.24, 2.45) is 11.5 Å². The molecule has 17 heavy (non-hydrogen) atoms. The van der Waals surface area contributed by atoms with Gasteiger partial charge in [0.25, 0.3) is 0 Å². The average Bonchev–Trinajstić information content (AvgIpc) is 2.35. The standard InChI is InChI=1S/C14H25N3/c1-13-4-6-14(7-5-13)12-17(10-2-8-15)11-3-9-16/h4-7H,2-3,8-12,15-16H2,1H3. The molecule has 0 aliphatic carbocycles. The molecule has 0 amide bonds. The molecule has 0 bridgehead atoms. The van der Waals surface area contributed by atoms with E-state index in [9.17, 15) is 0 Å². The second-order valence-electron chi connectivity index (χ2n) is 4.55. The SMILES string of the molecule is Cc1ccc(CN(CCCN)CCCN)cc1. The fourth-order valence-electron chi connectivity index (χ4n) is 1.85. The highest BCUT2D eigenvalue weighted by Gasteiger charge is 2.04. The molecule has 0 fully saturated rings. The Balaban J connectivity index is 2.48. The number of nitrogens with two attached hydrogens (primary N) is 2. The van der Waals surface area contributed by atoms with E-state index in [0.717, 1.165) is 45.6 Å². The number of hydrogen-bond donors (Lipinski definition) is 2. The summed E-state index contributed by atoms with van der Waals surface area (Å²) in [7, 11) is 0. The molecule has 0 saturated carbocycles. The van der Waals surface area contributed by atoms with Crippen molar-refractivity contribution in [2.45, 2.75) is 26.3 Å². The molecule has 0 aliphatic heterocycles. The molecule has 3 heteroatoms. The lowest BCUT2D eigenvalue weighted by molar-refractivity contribution is 0.262. The second-order valence-corrected chi connectivity index (χ2v) is 4.55. The van der Waals surface area contributed by atoms with Crippen LogP contribution in [0.25, 0.3) is 0 Å². The molecule has 0 heterocycles. The zero-order valence-electron chi connectivity index (χ0n) is 10.9. The number of rotatable bonds is 8. The summed E-state index contributed by atoms with van der Waals surface area (Å²) in [4.78, 5) is 2.43. The Morgan fingerprint density at radius 3 is 1.94 bits per heavy atom. The van der Waals surface area contributed by atoms with E-state index in [1.807, 2.05) is 0 Å². The lowest BCUT2D eigenvalue weighted by atomic mass is 10.1. The van der Waals surface area contributed by atoms with Crippen LogP contribution in [0.2, 0.25) is 0 Å². The first-order valence-corrected chi connectivity index (χ1v) is 6.44. The molecule has 3 nitrogen and oxygen atoms in total. The molecule has 0 unspecified atom stereocenters. The Morgan fingerprint density at radius 2 is 1.47 bits per heavy atom. The number of hydrogen-bond acceptors (Lipinski definition) is 3. The first-order valence-electron chi connectivity index (χ1n) is 6.44. The summed E-state index contributed by atoms with van der Waals surface area (Å²) in [5.74, 6) is 0. The molecule has 0 aliphatic rings. The molecule has 96 valence electrons. The van der Waals surface area contributed by atoms with E-state index in [1.54, 1.807) is 0 Å². The zero-order valence-corrected chi connectivity index (χ0v) is 10.9. The Hall–Kier alpha value is -0.900. The van der Waals surface area contributed by atoms with Crippen LogP contribution >= 0.6 is 0 Å². The Bertz CT molecular complexity index is 287. The highest BCUT2D eigenvalue weighted by Crippen LogP contribution is 2.07. The molecule has 0 aromatic heterocycles. The van der Waals surface area contributed by atoms with Gasteiger partial charge in [0.2, 0.25) is 0 Å². The van der Waals surface area contributed by atoms with Crippen molar-refractivity contribution in [1.82, 2.24) is 4.90 Å². The largest absolute Gasteiger partial charge is 0.330 e. The van der Waals surface area contributed by atoms with Crippen LogP contribution in [0.5, 0.6) is 0 Å². The summed E-state index contributed by atoms with van der Waals surface area (Å²) in [5.41, 5.74) is 13.8. The maximum Gasteiger partial charge on any atom is 0.0233 e. The highest BCUT2D eigenvalue weighted by atomic mass is 15.1. The van der Waals surface area contributed by atoms with Gasteiger partial charge in [-0.1, -0.05) is 29.8 Å². The molecule has 1 aromatic rings. The molecule has 0 spiro atoms. The van der Waals surface area contributed by atoms with Gasteiger partial charge in [0.15, 0.2) is 0 Å². The van der Waals surface area contributed by atoms with Gasteiger partial charge in [-0.25, -0.2) is 0 Å². The van der Waals surface area contributed by atoms with Crippen LogP contribution in [0.4, 0.5) is 0 Å². The van der Waals surface area contributed by atoms with Gasteiger partial charge >= 0.3 is 0 Å². The summed E-state index contributed by atoms with van der Waals surface area (Å²) in [5, 5.41) is 0. The summed E-state index contributed by atoms with van der Waals surface area (Å²) in [6, 6.07) is 8.74. The molecule has 0 atom stereocenters. The normalized spacial score (nSPS) is 11.1. The molecular formula is C14H25N3. The molecule has 0 radical (unpaired) electrons. The average molecular weight is 235 g/mol. The molecule has 0 saturated heterocycles. The lowest BCUT2D eigenvalue weighted by Gasteiger charge is -2.22. The minimum atomic E-state index is 0.757. The van der Waals surface area contributed by atoms with E-state index in [4.69, 9.17) is 11.5 Å². The molecule has 1 rings (SSSR count). The van der Waals surface area contributed by atoms with Crippen LogP contribution in [0, 0.1) is 6.92 Å². The smallest absolute Gasteiger partial charge is 0.0233 e. The van der Waals surface area contributed by atoms with Gasteiger partial charge in [0, 0.05) is 6.54 Å². The minimum absolute atomic E-state index is 0.757. The fraction of sp³-hybridized carbons (Fsp3) is 0.571. The van der Waals surface area contributed by atoms with Crippen molar-refractivity contribution in [2.75, 3.05) is 26.2 Å². The van der Waals surface area contributed by atoms with Gasteiger partial charge in [-0.15, -0.1) is 0 Å². The van der Waals surface area contributed by atoms with Crippen molar-refractivity contribution in [3.63, 3.8) is 0 Å². The van der Waals surface area contributed by atoms with Gasteiger partial charge in [-0.2, -0.15) is 0 Å². The third kappa shape index (κ3) is 5.82. The van der Waals surface area contributed by atoms with E-state index < -0.39 is 0 Å². The molecule has 4 N–H and O–H groups in total. The second kappa shape index (κ2) is 8.23. The Kier molecular flexibility index (Phi) is 6.86. The molecule has 1 aromatic carbocycles. The highest BCUT2D eigenvalue weighted by molar-refractivity contribution is 5.21. The fourth-order valence-corrected chi connectivity index (χ4v) is 1.85. The third-order valence-electron chi connectivity index (χ3n) is 2.88. The first-order chi connectivity index (χ1) is 8.26. The summed E-state index contributed by atoms with van der Waals surface area (Å²) in [6.45, 7) is 6.75. The van der Waals surface area contributed by atoms with Gasteiger partial charge < -0.3 is 11.5 Å². The zero-order chi connectivity index (χ0) is 12.5. The van der Waals surface area contributed by atoms with Crippen molar-refractivity contribution in [3.05, 3.63) is 35.4 Å². The summed E-state index contributed by atoms with van der Waals surface area (Å²) in [6.07, 6.45) is 2.10. The number of benzene rings is 1. The van der Waals surface area contributed by atoms with Crippen LogP contribution in [0.15, 0.2) is 24.3 Å². The Morgan fingerprint density at radius 1 is 0.941 bits per heavy atom. The van der Waals surface area contributed by atoms with Crippen molar-refractivity contribution in [3.8, 4) is 0 Å². The van der Waals surface area contributed by atoms with E-state index >= 15 is 0 Å². The van der Waals surface area contributed by atoms with Crippen molar-refractivity contribution in [1.29, 1.82) is 0 Å². The van der Waals surface area contributed by atoms with Crippen LogP contribution in [0.1, 0.15) is 24.0 Å². The van der Waals surface area contributed by atoms with E-state index in [-0.39, 0.29) is 0 Å². The molecular weight excluding hydrogens is 210 g/mol. The quantitative estimate of drug-likeness (QED) is 0.718. The maximum absolute atomic E-state index is 5.57. The predicted molar refractivity (Wildman–Crippen MR) is 73.8 cm³/mol. The summed E-state index contributed by atoms with van der Waals surface area (Å²) < 4.78 is 0. The number of nitrogens with zero attached hydrogens (tertiary/aromatic N) is 1. The van der Waals surface area contributed by atoms with Crippen molar-refractivity contribution >= 4 is 0 Å². The van der Waals surface area contributed by atoms with E-state index in [2.05, 4.69) is 36.1 Å². The van der Waals surface area contributed by atoms with E-state index in [1.165, 1.54) is 11.1 Å². The van der Waals surface area contributed by atoms with Crippen LogP contribution in [-0.4, -0.2) is 31.1 Å². The van der Waals surface area contributed by atoms with Gasteiger partial charge in [0.05, 0.1) is 0 Å². The maximum atomic E-state index is 5.57. The summed E-state index contributed by atoms with van der Waals surface area (Å²) >= 11 is 0.